The van der Waals surface area contributed by atoms with Gasteiger partial charge in [-0.25, -0.2) is 13.2 Å². The highest BCUT2D eigenvalue weighted by Gasteiger charge is 2.58. The monoisotopic (exact) mass is 709 g/mol. The molecule has 1 saturated carbocycles. The maximum Gasteiger partial charge on any atom is 0.416 e. The Balaban J connectivity index is 1.30. The summed E-state index contributed by atoms with van der Waals surface area (Å²) < 4.78 is 92.8. The van der Waals surface area contributed by atoms with Crippen molar-refractivity contribution in [2.24, 2.45) is 5.92 Å². The zero-order chi connectivity index (χ0) is 36.0. The SMILES string of the molecule is CC[C@@H]1C[C@@H](c2ccc(C(F)(F)F)cc2N2CCC(C(=O)O)CC2)CN1C(=O)[C@]1(F)CN(C2CCC(F)(F)CC2)C[C@H]1c1ccc(OC)cc1. The summed E-state index contributed by atoms with van der Waals surface area (Å²) in [6.07, 6.45) is -3.23. The Bertz CT molecular complexity index is 1540. The van der Waals surface area contributed by atoms with Crippen LogP contribution < -0.4 is 9.64 Å². The number of benzene rings is 2. The van der Waals surface area contributed by atoms with E-state index in [1.807, 2.05) is 11.8 Å². The number of aliphatic carboxylic acids is 1. The summed E-state index contributed by atoms with van der Waals surface area (Å²) in [4.78, 5) is 31.4. The second kappa shape index (κ2) is 13.9. The number of hydrogen-bond acceptors (Lipinski definition) is 5. The molecule has 3 saturated heterocycles. The van der Waals surface area contributed by atoms with E-state index in [0.29, 0.717) is 48.2 Å². The zero-order valence-electron chi connectivity index (χ0n) is 28.4. The van der Waals surface area contributed by atoms with Gasteiger partial charge < -0.3 is 19.6 Å². The van der Waals surface area contributed by atoms with E-state index in [-0.39, 0.29) is 76.4 Å². The van der Waals surface area contributed by atoms with Gasteiger partial charge in [-0.1, -0.05) is 25.1 Å². The molecule has 274 valence electrons. The molecule has 0 unspecified atom stereocenters. The fourth-order valence-corrected chi connectivity index (χ4v) is 8.66. The van der Waals surface area contributed by atoms with E-state index in [1.54, 1.807) is 34.1 Å². The van der Waals surface area contributed by atoms with Gasteiger partial charge in [0.2, 0.25) is 11.6 Å². The number of nitrogens with zero attached hydrogens (tertiary/aromatic N) is 3. The zero-order valence-corrected chi connectivity index (χ0v) is 28.4. The first-order valence-corrected chi connectivity index (χ1v) is 17.6. The van der Waals surface area contributed by atoms with Crippen molar-refractivity contribution in [2.75, 3.05) is 44.7 Å². The number of likely N-dealkylation sites (tertiary alicyclic amines) is 2. The minimum absolute atomic E-state index is 0.109. The lowest BCUT2D eigenvalue weighted by Crippen LogP contribution is -2.52. The molecule has 3 heterocycles. The molecule has 1 aliphatic carbocycles. The van der Waals surface area contributed by atoms with Crippen molar-refractivity contribution in [2.45, 2.75) is 100.0 Å². The van der Waals surface area contributed by atoms with E-state index >= 15 is 4.39 Å². The third kappa shape index (κ3) is 7.16. The minimum atomic E-state index is -4.59. The Hall–Kier alpha value is -3.48. The standard InChI is InChI=1S/C37H45F6N3O4/c1-3-27-18-25(30-9-6-26(37(41,42)43)19-32(30)44-16-12-24(13-17-44)33(47)48)20-46(27)34(49)36(40)22-45(28-10-14-35(38,39)15-11-28)21-31(36)23-4-7-29(50-2)8-5-23/h4-9,19,24-25,27-28,31H,3,10-18,20-22H2,1-2H3,(H,47,48)/t25-,27-,31+,36+/m1/s1. The number of rotatable bonds is 8. The van der Waals surface area contributed by atoms with Crippen molar-refractivity contribution >= 4 is 17.6 Å². The van der Waals surface area contributed by atoms with Crippen molar-refractivity contribution in [3.05, 3.63) is 59.2 Å². The third-order valence-electron chi connectivity index (χ3n) is 11.6. The first kappa shape index (κ1) is 36.3. The smallest absolute Gasteiger partial charge is 0.416 e. The van der Waals surface area contributed by atoms with Gasteiger partial charge in [0, 0.05) is 75.2 Å². The van der Waals surface area contributed by atoms with Crippen LogP contribution in [0, 0.1) is 5.92 Å². The van der Waals surface area contributed by atoms with E-state index < -0.39 is 47.0 Å². The van der Waals surface area contributed by atoms with Crippen LogP contribution in [0.5, 0.6) is 5.75 Å². The average molecular weight is 710 g/mol. The van der Waals surface area contributed by atoms with Crippen molar-refractivity contribution < 1.29 is 45.8 Å². The summed E-state index contributed by atoms with van der Waals surface area (Å²) in [6.45, 7) is 2.51. The number of carbonyl (C=O) groups excluding carboxylic acids is 1. The van der Waals surface area contributed by atoms with Gasteiger partial charge >= 0.3 is 12.1 Å². The van der Waals surface area contributed by atoms with Gasteiger partial charge in [0.05, 0.1) is 18.6 Å². The van der Waals surface area contributed by atoms with Crippen molar-refractivity contribution in [3.8, 4) is 5.75 Å². The van der Waals surface area contributed by atoms with E-state index in [1.165, 1.54) is 13.2 Å². The molecule has 0 spiro atoms. The van der Waals surface area contributed by atoms with Crippen LogP contribution in [0.4, 0.5) is 32.0 Å². The number of alkyl halides is 6. The van der Waals surface area contributed by atoms with E-state index in [0.717, 1.165) is 12.1 Å². The normalized spacial score (nSPS) is 28.3. The van der Waals surface area contributed by atoms with Gasteiger partial charge in [-0.3, -0.25) is 14.5 Å². The molecule has 0 radical (unpaired) electrons. The number of halogens is 6. The molecule has 4 aliphatic rings. The number of ether oxygens (including phenoxy) is 1. The first-order chi connectivity index (χ1) is 23.6. The quantitative estimate of drug-likeness (QED) is 0.287. The number of carboxylic acids is 1. The summed E-state index contributed by atoms with van der Waals surface area (Å²) in [5, 5.41) is 9.47. The van der Waals surface area contributed by atoms with Crippen molar-refractivity contribution in [1.82, 2.24) is 9.80 Å². The molecule has 1 amide bonds. The lowest BCUT2D eigenvalue weighted by atomic mass is 9.85. The van der Waals surface area contributed by atoms with Gasteiger partial charge in [-0.05, 0) is 73.9 Å². The molecule has 2 aromatic rings. The molecule has 0 aromatic heterocycles. The Morgan fingerprint density at radius 2 is 1.62 bits per heavy atom. The van der Waals surface area contributed by atoms with E-state index in [9.17, 15) is 36.6 Å². The maximum absolute atomic E-state index is 17.7. The van der Waals surface area contributed by atoms with Crippen LogP contribution in [-0.4, -0.2) is 90.3 Å². The molecule has 13 heteroatoms. The van der Waals surface area contributed by atoms with Crippen LogP contribution in [0.25, 0.3) is 0 Å². The van der Waals surface area contributed by atoms with Crippen LogP contribution in [0.1, 0.15) is 86.8 Å². The van der Waals surface area contributed by atoms with Gasteiger partial charge in [0.1, 0.15) is 5.75 Å². The minimum Gasteiger partial charge on any atom is -0.497 e. The van der Waals surface area contributed by atoms with Gasteiger partial charge in [-0.15, -0.1) is 0 Å². The third-order valence-corrected chi connectivity index (χ3v) is 11.6. The van der Waals surface area contributed by atoms with Crippen LogP contribution in [0.2, 0.25) is 0 Å². The Labute approximate surface area is 288 Å². The Kier molecular flexibility index (Phi) is 10.1. The molecule has 0 bridgehead atoms. The van der Waals surface area contributed by atoms with Crippen molar-refractivity contribution in [1.29, 1.82) is 0 Å². The number of anilines is 1. The molecule has 4 atom stereocenters. The van der Waals surface area contributed by atoms with Crippen LogP contribution in [-0.2, 0) is 15.8 Å². The summed E-state index contributed by atoms with van der Waals surface area (Å²) >= 11 is 0. The molecule has 2 aromatic carbocycles. The summed E-state index contributed by atoms with van der Waals surface area (Å²) in [7, 11) is 1.52. The highest BCUT2D eigenvalue weighted by atomic mass is 19.4. The molecule has 6 rings (SSSR count). The molecular formula is C37H45F6N3O4. The number of carboxylic acid groups (broad SMARTS) is 1. The predicted octanol–water partition coefficient (Wildman–Crippen LogP) is 7.50. The highest BCUT2D eigenvalue weighted by molar-refractivity contribution is 5.88. The number of amides is 1. The van der Waals surface area contributed by atoms with Crippen LogP contribution in [0.3, 0.4) is 0 Å². The van der Waals surface area contributed by atoms with Gasteiger partial charge in [0.25, 0.3) is 5.91 Å². The maximum atomic E-state index is 17.7. The summed E-state index contributed by atoms with van der Waals surface area (Å²) in [5.74, 6) is -5.61. The molecule has 1 N–H and O–H groups in total. The lowest BCUT2D eigenvalue weighted by molar-refractivity contribution is -0.145. The Morgan fingerprint density at radius 3 is 2.20 bits per heavy atom. The van der Waals surface area contributed by atoms with E-state index in [4.69, 9.17) is 4.74 Å². The number of carbonyl (C=O) groups is 2. The lowest BCUT2D eigenvalue weighted by Gasteiger charge is -2.36. The largest absolute Gasteiger partial charge is 0.497 e. The molecule has 7 nitrogen and oxygen atoms in total. The summed E-state index contributed by atoms with van der Waals surface area (Å²) in [5.41, 5.74) is -1.59. The fraction of sp³-hybridized carbons (Fsp3) is 0.622. The molecule has 3 aliphatic heterocycles. The summed E-state index contributed by atoms with van der Waals surface area (Å²) in [6, 6.07) is 9.82. The topological polar surface area (TPSA) is 73.3 Å². The van der Waals surface area contributed by atoms with Gasteiger partial charge in [-0.2, -0.15) is 13.2 Å². The number of methoxy groups -OCH3 is 1. The molecular weight excluding hydrogens is 664 g/mol. The molecule has 4 fully saturated rings. The second-order valence-electron chi connectivity index (χ2n) is 14.5. The molecule has 50 heavy (non-hydrogen) atoms. The van der Waals surface area contributed by atoms with Crippen molar-refractivity contribution in [3.63, 3.8) is 0 Å². The van der Waals surface area contributed by atoms with Crippen LogP contribution >= 0.6 is 0 Å². The van der Waals surface area contributed by atoms with Gasteiger partial charge in [0.15, 0.2) is 0 Å². The second-order valence-corrected chi connectivity index (χ2v) is 14.5. The highest BCUT2D eigenvalue weighted by Crippen LogP contribution is 2.48. The number of hydrogen-bond donors (Lipinski definition) is 1. The van der Waals surface area contributed by atoms with E-state index in [2.05, 4.69) is 0 Å². The average Bonchev–Trinajstić information content (AvgIpc) is 3.69. The first-order valence-electron chi connectivity index (χ1n) is 17.6. The van der Waals surface area contributed by atoms with Crippen LogP contribution in [0.15, 0.2) is 42.5 Å². The number of piperidine rings is 1. The predicted molar refractivity (Wildman–Crippen MR) is 176 cm³/mol. The Morgan fingerprint density at radius 1 is 0.960 bits per heavy atom. The fourth-order valence-electron chi connectivity index (χ4n) is 8.66.